The number of hydrogen-bond donors (Lipinski definition) is 2. The fraction of sp³-hybridized carbons (Fsp3) is 0.867. The summed E-state index contributed by atoms with van der Waals surface area (Å²) in [7, 11) is 0. The highest BCUT2D eigenvalue weighted by Gasteiger charge is 2.39. The molecule has 0 aromatic heterocycles. The molecule has 0 aromatic carbocycles. The minimum absolute atomic E-state index is 0.0390. The average molecular weight is 285 g/mol. The number of aliphatic carboxylic acids is 1. The zero-order chi connectivity index (χ0) is 15.4. The summed E-state index contributed by atoms with van der Waals surface area (Å²) in [4.78, 5) is 23.0. The summed E-state index contributed by atoms with van der Waals surface area (Å²) in [5, 5.41) is 11.9. The van der Waals surface area contributed by atoms with E-state index in [9.17, 15) is 9.59 Å². The standard InChI is InChI=1S/C15H27NO4/c1-5-11-6-8-15(9-7-11,10-12(17)18)16-13(19)20-14(2,3)4/h11H,5-10H2,1-4H3,(H,16,19)(H,17,18). The first-order valence-corrected chi connectivity index (χ1v) is 7.39. The summed E-state index contributed by atoms with van der Waals surface area (Å²) >= 11 is 0. The monoisotopic (exact) mass is 285 g/mol. The average Bonchev–Trinajstić information content (AvgIpc) is 2.26. The van der Waals surface area contributed by atoms with Gasteiger partial charge in [0.1, 0.15) is 5.60 Å². The molecule has 0 aliphatic heterocycles. The maximum atomic E-state index is 11.9. The van der Waals surface area contributed by atoms with Gasteiger partial charge in [-0.05, 0) is 52.4 Å². The number of carbonyl (C=O) groups is 2. The molecule has 0 aromatic rings. The molecule has 0 radical (unpaired) electrons. The van der Waals surface area contributed by atoms with Crippen LogP contribution in [0.25, 0.3) is 0 Å². The Morgan fingerprint density at radius 3 is 2.25 bits per heavy atom. The topological polar surface area (TPSA) is 75.6 Å². The van der Waals surface area contributed by atoms with Crippen LogP contribution in [0.3, 0.4) is 0 Å². The van der Waals surface area contributed by atoms with E-state index in [0.717, 1.165) is 19.3 Å². The first-order chi connectivity index (χ1) is 9.16. The summed E-state index contributed by atoms with van der Waals surface area (Å²) in [5.41, 5.74) is -1.23. The molecule has 1 amide bonds. The van der Waals surface area contributed by atoms with Crippen LogP contribution >= 0.6 is 0 Å². The Hall–Kier alpha value is -1.26. The van der Waals surface area contributed by atoms with E-state index in [-0.39, 0.29) is 6.42 Å². The molecule has 0 saturated heterocycles. The van der Waals surface area contributed by atoms with Gasteiger partial charge in [-0.1, -0.05) is 13.3 Å². The van der Waals surface area contributed by atoms with Crippen LogP contribution in [0.5, 0.6) is 0 Å². The number of ether oxygens (including phenoxy) is 1. The third-order valence-electron chi connectivity index (χ3n) is 3.90. The fourth-order valence-electron chi connectivity index (χ4n) is 2.79. The molecule has 0 heterocycles. The van der Waals surface area contributed by atoms with Crippen LogP contribution in [-0.2, 0) is 9.53 Å². The van der Waals surface area contributed by atoms with E-state index in [1.807, 2.05) is 0 Å². The third-order valence-corrected chi connectivity index (χ3v) is 3.90. The predicted molar refractivity (Wildman–Crippen MR) is 76.6 cm³/mol. The molecule has 1 aliphatic carbocycles. The van der Waals surface area contributed by atoms with Crippen molar-refractivity contribution < 1.29 is 19.4 Å². The van der Waals surface area contributed by atoms with Gasteiger partial charge in [0.2, 0.25) is 0 Å². The van der Waals surface area contributed by atoms with Crippen molar-refractivity contribution in [2.75, 3.05) is 0 Å². The van der Waals surface area contributed by atoms with Crippen LogP contribution < -0.4 is 5.32 Å². The van der Waals surface area contributed by atoms with Gasteiger partial charge < -0.3 is 15.2 Å². The van der Waals surface area contributed by atoms with Gasteiger partial charge in [-0.3, -0.25) is 4.79 Å². The van der Waals surface area contributed by atoms with E-state index >= 15 is 0 Å². The van der Waals surface area contributed by atoms with Crippen molar-refractivity contribution in [1.29, 1.82) is 0 Å². The van der Waals surface area contributed by atoms with Crippen molar-refractivity contribution >= 4 is 12.1 Å². The molecule has 1 aliphatic rings. The number of rotatable bonds is 4. The number of carboxylic acid groups (broad SMARTS) is 1. The van der Waals surface area contributed by atoms with Crippen LogP contribution in [0.2, 0.25) is 0 Å². The Labute approximate surface area is 121 Å². The third kappa shape index (κ3) is 5.39. The fourth-order valence-corrected chi connectivity index (χ4v) is 2.79. The Morgan fingerprint density at radius 2 is 1.85 bits per heavy atom. The van der Waals surface area contributed by atoms with E-state index in [0.29, 0.717) is 18.8 Å². The molecule has 116 valence electrons. The highest BCUT2D eigenvalue weighted by molar-refractivity contribution is 5.73. The van der Waals surface area contributed by atoms with E-state index in [4.69, 9.17) is 9.84 Å². The van der Waals surface area contributed by atoms with E-state index in [1.165, 1.54) is 0 Å². The quantitative estimate of drug-likeness (QED) is 0.830. The minimum Gasteiger partial charge on any atom is -0.481 e. The Bertz CT molecular complexity index is 351. The smallest absolute Gasteiger partial charge is 0.408 e. The number of carbonyl (C=O) groups excluding carboxylic acids is 1. The molecule has 2 N–H and O–H groups in total. The molecule has 0 spiro atoms. The van der Waals surface area contributed by atoms with E-state index in [1.54, 1.807) is 20.8 Å². The van der Waals surface area contributed by atoms with E-state index < -0.39 is 23.2 Å². The van der Waals surface area contributed by atoms with Gasteiger partial charge in [0.15, 0.2) is 0 Å². The molecule has 0 unspecified atom stereocenters. The summed E-state index contributed by atoms with van der Waals surface area (Å²) in [6, 6.07) is 0. The van der Waals surface area contributed by atoms with Crippen LogP contribution in [0, 0.1) is 5.92 Å². The first-order valence-electron chi connectivity index (χ1n) is 7.39. The van der Waals surface area contributed by atoms with Gasteiger partial charge in [-0.15, -0.1) is 0 Å². The molecular formula is C15H27NO4. The molecule has 1 fully saturated rings. The van der Waals surface area contributed by atoms with Crippen molar-refractivity contribution in [2.24, 2.45) is 5.92 Å². The number of hydrogen-bond acceptors (Lipinski definition) is 3. The SMILES string of the molecule is CCC1CCC(CC(=O)O)(NC(=O)OC(C)(C)C)CC1. The van der Waals surface area contributed by atoms with Crippen LogP contribution in [0.15, 0.2) is 0 Å². The second-order valence-corrected chi connectivity index (χ2v) is 6.83. The van der Waals surface area contributed by atoms with Gasteiger partial charge in [-0.2, -0.15) is 0 Å². The Balaban J connectivity index is 2.70. The summed E-state index contributed by atoms with van der Waals surface area (Å²) in [6.07, 6.45) is 3.87. The molecular weight excluding hydrogens is 258 g/mol. The predicted octanol–water partition coefficient (Wildman–Crippen LogP) is 3.32. The first kappa shape index (κ1) is 16.8. The molecule has 1 saturated carbocycles. The number of carboxylic acids is 1. The zero-order valence-electron chi connectivity index (χ0n) is 13.0. The summed E-state index contributed by atoms with van der Waals surface area (Å²) in [5.74, 6) is -0.242. The van der Waals surface area contributed by atoms with Crippen molar-refractivity contribution in [2.45, 2.75) is 77.4 Å². The van der Waals surface area contributed by atoms with Crippen molar-refractivity contribution in [1.82, 2.24) is 5.32 Å². The normalized spacial score (nSPS) is 26.9. The van der Waals surface area contributed by atoms with Crippen molar-refractivity contribution in [3.05, 3.63) is 0 Å². The number of alkyl carbamates (subject to hydrolysis) is 1. The van der Waals surface area contributed by atoms with Crippen molar-refractivity contribution in [3.8, 4) is 0 Å². The highest BCUT2D eigenvalue weighted by atomic mass is 16.6. The van der Waals surface area contributed by atoms with Crippen LogP contribution in [0.1, 0.15) is 66.2 Å². The van der Waals surface area contributed by atoms with Crippen LogP contribution in [0.4, 0.5) is 4.79 Å². The number of amides is 1. The minimum atomic E-state index is -0.879. The maximum absolute atomic E-state index is 11.9. The second-order valence-electron chi connectivity index (χ2n) is 6.83. The van der Waals surface area contributed by atoms with Gasteiger partial charge in [-0.25, -0.2) is 4.79 Å². The molecule has 5 heteroatoms. The van der Waals surface area contributed by atoms with Gasteiger partial charge >= 0.3 is 12.1 Å². The number of nitrogens with one attached hydrogen (secondary N) is 1. The molecule has 5 nitrogen and oxygen atoms in total. The summed E-state index contributed by atoms with van der Waals surface area (Å²) in [6.45, 7) is 7.54. The lowest BCUT2D eigenvalue weighted by Gasteiger charge is -2.40. The Morgan fingerprint density at radius 1 is 1.30 bits per heavy atom. The van der Waals surface area contributed by atoms with Gasteiger partial charge in [0.25, 0.3) is 0 Å². The lowest BCUT2D eigenvalue weighted by molar-refractivity contribution is -0.139. The molecule has 1 rings (SSSR count). The lowest BCUT2D eigenvalue weighted by Crippen LogP contribution is -2.53. The Kier molecular flexibility index (Phi) is 5.42. The van der Waals surface area contributed by atoms with Gasteiger partial charge in [0, 0.05) is 0 Å². The van der Waals surface area contributed by atoms with Crippen LogP contribution in [-0.4, -0.2) is 28.3 Å². The van der Waals surface area contributed by atoms with Gasteiger partial charge in [0.05, 0.1) is 12.0 Å². The van der Waals surface area contributed by atoms with Crippen molar-refractivity contribution in [3.63, 3.8) is 0 Å². The highest BCUT2D eigenvalue weighted by Crippen LogP contribution is 2.36. The molecule has 0 bridgehead atoms. The summed E-state index contributed by atoms with van der Waals surface area (Å²) < 4.78 is 5.26. The molecule has 0 atom stereocenters. The molecule has 20 heavy (non-hydrogen) atoms. The second kappa shape index (κ2) is 6.46. The van der Waals surface area contributed by atoms with E-state index in [2.05, 4.69) is 12.2 Å². The zero-order valence-corrected chi connectivity index (χ0v) is 13.0. The maximum Gasteiger partial charge on any atom is 0.408 e. The lowest BCUT2D eigenvalue weighted by atomic mass is 9.74. The largest absolute Gasteiger partial charge is 0.481 e.